The van der Waals surface area contributed by atoms with Gasteiger partial charge in [-0.25, -0.2) is 9.59 Å². The Hall–Kier alpha value is -1.64. The Morgan fingerprint density at radius 1 is 1.04 bits per heavy atom. The Morgan fingerprint density at radius 3 is 2.11 bits per heavy atom. The van der Waals surface area contributed by atoms with Gasteiger partial charge in [0.1, 0.15) is 5.75 Å². The first kappa shape index (κ1) is 24.4. The van der Waals surface area contributed by atoms with Crippen LogP contribution in [0, 0.1) is 13.8 Å². The molecule has 0 aromatic heterocycles. The molecule has 1 aromatic rings. The lowest BCUT2D eigenvalue weighted by Crippen LogP contribution is -2.46. The van der Waals surface area contributed by atoms with Crippen molar-refractivity contribution >= 4 is 27.9 Å². The number of piperazine rings is 1. The van der Waals surface area contributed by atoms with Crippen molar-refractivity contribution < 1.29 is 24.5 Å². The van der Waals surface area contributed by atoms with Crippen LogP contribution in [0.2, 0.25) is 0 Å². The van der Waals surface area contributed by atoms with E-state index in [0.29, 0.717) is 0 Å². The van der Waals surface area contributed by atoms with Crippen molar-refractivity contribution in [2.45, 2.75) is 33.6 Å². The quantitative estimate of drug-likeness (QED) is 0.479. The zero-order valence-corrected chi connectivity index (χ0v) is 18.5. The minimum atomic E-state index is -1.82. The molecule has 0 bridgehead atoms. The highest BCUT2D eigenvalue weighted by Crippen LogP contribution is 2.30. The van der Waals surface area contributed by atoms with Crippen molar-refractivity contribution in [2.75, 3.05) is 45.9 Å². The summed E-state index contributed by atoms with van der Waals surface area (Å²) in [5.74, 6) is -2.65. The van der Waals surface area contributed by atoms with Crippen LogP contribution in [0.15, 0.2) is 16.6 Å². The first-order chi connectivity index (χ1) is 13.2. The van der Waals surface area contributed by atoms with Gasteiger partial charge in [-0.05, 0) is 72.9 Å². The van der Waals surface area contributed by atoms with E-state index in [-0.39, 0.29) is 0 Å². The topological polar surface area (TPSA) is 90.3 Å². The molecule has 0 unspecified atom stereocenters. The molecule has 28 heavy (non-hydrogen) atoms. The van der Waals surface area contributed by atoms with Gasteiger partial charge in [0.25, 0.3) is 0 Å². The predicted molar refractivity (Wildman–Crippen MR) is 112 cm³/mol. The fourth-order valence-electron chi connectivity index (χ4n) is 3.03. The van der Waals surface area contributed by atoms with E-state index in [9.17, 15) is 0 Å². The molecule has 1 aliphatic heterocycles. The molecule has 1 aromatic carbocycles. The molecule has 0 radical (unpaired) electrons. The summed E-state index contributed by atoms with van der Waals surface area (Å²) in [6.07, 6.45) is 2.34. The van der Waals surface area contributed by atoms with Gasteiger partial charge in [0.2, 0.25) is 0 Å². The van der Waals surface area contributed by atoms with Crippen LogP contribution in [0.5, 0.6) is 5.75 Å². The lowest BCUT2D eigenvalue weighted by Gasteiger charge is -2.33. The normalized spacial score (nSPS) is 14.9. The largest absolute Gasteiger partial charge is 0.492 e. The lowest BCUT2D eigenvalue weighted by atomic mass is 10.1. The van der Waals surface area contributed by atoms with Crippen LogP contribution in [-0.4, -0.2) is 77.8 Å². The van der Waals surface area contributed by atoms with Gasteiger partial charge >= 0.3 is 11.9 Å². The third-order valence-electron chi connectivity index (χ3n) is 4.58. The van der Waals surface area contributed by atoms with Crippen molar-refractivity contribution in [1.29, 1.82) is 0 Å². The predicted octanol–water partition coefficient (Wildman–Crippen LogP) is 3.02. The molecule has 0 amide bonds. The highest BCUT2D eigenvalue weighted by Gasteiger charge is 2.14. The second-order valence-corrected chi connectivity index (χ2v) is 7.69. The summed E-state index contributed by atoms with van der Waals surface area (Å²) >= 11 is 3.60. The van der Waals surface area contributed by atoms with Crippen LogP contribution in [-0.2, 0) is 9.59 Å². The second-order valence-electron chi connectivity index (χ2n) is 6.83. The molecule has 2 N–H and O–H groups in total. The SMILES string of the molecule is CCN1CCN(CCCCOc2c(C)cc(C)cc2Br)CC1.O=C(O)C(=O)O. The Kier molecular flexibility index (Phi) is 11.1. The Morgan fingerprint density at radius 2 is 1.61 bits per heavy atom. The lowest BCUT2D eigenvalue weighted by molar-refractivity contribution is -0.159. The summed E-state index contributed by atoms with van der Waals surface area (Å²) in [5.41, 5.74) is 2.48. The fraction of sp³-hybridized carbons (Fsp3) is 0.600. The summed E-state index contributed by atoms with van der Waals surface area (Å²) in [6, 6.07) is 4.29. The molecule has 1 fully saturated rings. The van der Waals surface area contributed by atoms with Crippen molar-refractivity contribution in [2.24, 2.45) is 0 Å². The van der Waals surface area contributed by atoms with Gasteiger partial charge in [0.05, 0.1) is 11.1 Å². The van der Waals surface area contributed by atoms with Crippen molar-refractivity contribution in [1.82, 2.24) is 9.80 Å². The molecule has 8 heteroatoms. The fourth-order valence-corrected chi connectivity index (χ4v) is 3.81. The van der Waals surface area contributed by atoms with E-state index in [1.807, 2.05) is 0 Å². The number of carbonyl (C=O) groups is 2. The van der Waals surface area contributed by atoms with Gasteiger partial charge in [-0.1, -0.05) is 13.0 Å². The van der Waals surface area contributed by atoms with Crippen LogP contribution < -0.4 is 4.74 Å². The molecular formula is C20H31BrN2O5. The number of hydrogen-bond acceptors (Lipinski definition) is 5. The number of benzene rings is 1. The molecule has 1 saturated heterocycles. The molecule has 1 heterocycles. The standard InChI is InChI=1S/C18H29BrN2O.C2H2O4/c1-4-20-8-10-21(11-9-20)7-5-6-12-22-18-16(3)13-15(2)14-17(18)19;3-1(4)2(5)6/h13-14H,4-12H2,1-3H3;(H,3,4)(H,5,6). The van der Waals surface area contributed by atoms with Crippen LogP contribution in [0.4, 0.5) is 0 Å². The number of rotatable bonds is 7. The molecular weight excluding hydrogens is 428 g/mol. The van der Waals surface area contributed by atoms with Crippen LogP contribution in [0.1, 0.15) is 30.9 Å². The number of halogens is 1. The zero-order chi connectivity index (χ0) is 21.1. The highest BCUT2D eigenvalue weighted by atomic mass is 79.9. The number of nitrogens with zero attached hydrogens (tertiary/aromatic N) is 2. The maximum Gasteiger partial charge on any atom is 0.414 e. The molecule has 0 saturated carbocycles. The van der Waals surface area contributed by atoms with Gasteiger partial charge in [-0.15, -0.1) is 0 Å². The van der Waals surface area contributed by atoms with E-state index in [2.05, 4.69) is 58.6 Å². The molecule has 2 rings (SSSR count). The molecule has 7 nitrogen and oxygen atoms in total. The summed E-state index contributed by atoms with van der Waals surface area (Å²) in [6.45, 7) is 14.6. The number of carboxylic acids is 2. The van der Waals surface area contributed by atoms with Crippen LogP contribution in [0.3, 0.4) is 0 Å². The summed E-state index contributed by atoms with van der Waals surface area (Å²) in [4.78, 5) is 23.3. The van der Waals surface area contributed by atoms with E-state index >= 15 is 0 Å². The summed E-state index contributed by atoms with van der Waals surface area (Å²) in [5, 5.41) is 14.8. The third kappa shape index (κ3) is 9.03. The zero-order valence-electron chi connectivity index (χ0n) is 16.9. The van der Waals surface area contributed by atoms with Crippen molar-refractivity contribution in [3.05, 3.63) is 27.7 Å². The highest BCUT2D eigenvalue weighted by molar-refractivity contribution is 9.10. The Balaban J connectivity index is 0.000000568. The van der Waals surface area contributed by atoms with E-state index in [1.54, 1.807) is 0 Å². The monoisotopic (exact) mass is 458 g/mol. The smallest absolute Gasteiger partial charge is 0.414 e. The number of hydrogen-bond donors (Lipinski definition) is 2. The minimum absolute atomic E-state index is 0.803. The van der Waals surface area contributed by atoms with Gasteiger partial charge in [-0.3, -0.25) is 0 Å². The minimum Gasteiger partial charge on any atom is -0.492 e. The first-order valence-corrected chi connectivity index (χ1v) is 10.3. The van der Waals surface area contributed by atoms with Gasteiger partial charge in [0, 0.05) is 26.2 Å². The van der Waals surface area contributed by atoms with E-state index in [1.165, 1.54) is 56.8 Å². The maximum absolute atomic E-state index is 9.10. The summed E-state index contributed by atoms with van der Waals surface area (Å²) in [7, 11) is 0. The van der Waals surface area contributed by atoms with Gasteiger partial charge in [0.15, 0.2) is 0 Å². The van der Waals surface area contributed by atoms with Crippen LogP contribution in [0.25, 0.3) is 0 Å². The number of likely N-dealkylation sites (N-methyl/N-ethyl adjacent to an activating group) is 1. The molecule has 1 aliphatic rings. The van der Waals surface area contributed by atoms with Gasteiger partial charge < -0.3 is 24.7 Å². The van der Waals surface area contributed by atoms with E-state index < -0.39 is 11.9 Å². The second kappa shape index (κ2) is 12.7. The van der Waals surface area contributed by atoms with Crippen molar-refractivity contribution in [3.8, 4) is 5.75 Å². The number of aryl methyl sites for hydroxylation is 2. The molecule has 0 aliphatic carbocycles. The number of aliphatic carboxylic acids is 2. The molecule has 0 atom stereocenters. The van der Waals surface area contributed by atoms with Gasteiger partial charge in [-0.2, -0.15) is 0 Å². The maximum atomic E-state index is 9.10. The van der Waals surface area contributed by atoms with Crippen molar-refractivity contribution in [3.63, 3.8) is 0 Å². The number of ether oxygens (including phenoxy) is 1. The van der Waals surface area contributed by atoms with Crippen LogP contribution >= 0.6 is 15.9 Å². The van der Waals surface area contributed by atoms with E-state index in [0.717, 1.165) is 23.2 Å². The summed E-state index contributed by atoms with van der Waals surface area (Å²) < 4.78 is 7.04. The number of unbranched alkanes of at least 4 members (excludes halogenated alkanes) is 1. The molecule has 158 valence electrons. The Labute approximate surface area is 175 Å². The average Bonchev–Trinajstić information content (AvgIpc) is 2.64. The Bertz CT molecular complexity index is 610. The average molecular weight is 459 g/mol. The molecule has 0 spiro atoms. The van der Waals surface area contributed by atoms with E-state index in [4.69, 9.17) is 24.5 Å². The third-order valence-corrected chi connectivity index (χ3v) is 5.17. The number of carboxylic acid groups (broad SMARTS) is 2. The first-order valence-electron chi connectivity index (χ1n) is 9.55.